The molecule has 0 aliphatic carbocycles. The van der Waals surface area contributed by atoms with Gasteiger partial charge in [0.1, 0.15) is 5.70 Å². The zero-order chi connectivity index (χ0) is 18.2. The van der Waals surface area contributed by atoms with E-state index in [1.807, 2.05) is 54.6 Å². The Bertz CT molecular complexity index is 905. The molecule has 2 N–H and O–H groups in total. The van der Waals surface area contributed by atoms with Gasteiger partial charge in [0.2, 0.25) is 0 Å². The maximum absolute atomic E-state index is 12.7. The number of rotatable bonds is 6. The van der Waals surface area contributed by atoms with Gasteiger partial charge in [0.25, 0.3) is 5.91 Å². The third-order valence-electron chi connectivity index (χ3n) is 3.66. The van der Waals surface area contributed by atoms with Gasteiger partial charge in [0, 0.05) is 23.0 Å². The lowest BCUT2D eigenvalue weighted by molar-refractivity contribution is -0.112. The minimum Gasteiger partial charge on any atom is -0.351 e. The average Bonchev–Trinajstić information content (AvgIpc) is 2.69. The van der Waals surface area contributed by atoms with E-state index in [1.165, 1.54) is 6.08 Å². The fourth-order valence-electron chi connectivity index (χ4n) is 2.37. The second-order valence-electron chi connectivity index (χ2n) is 5.60. The standard InChI is InChI=1S/C22H18N2O2/c25-21(17-10-4-1-5-11-17)16-20(23-18-12-6-2-7-13-18)22(26)24-19-14-8-3-9-15-19/h1-16,23H,(H,24,26)/b20-16-. The van der Waals surface area contributed by atoms with Crippen molar-refractivity contribution in [2.24, 2.45) is 0 Å². The van der Waals surface area contributed by atoms with Gasteiger partial charge in [-0.1, -0.05) is 66.7 Å². The topological polar surface area (TPSA) is 58.2 Å². The Labute approximate surface area is 152 Å². The lowest BCUT2D eigenvalue weighted by Crippen LogP contribution is -2.21. The molecule has 0 aliphatic heterocycles. The summed E-state index contributed by atoms with van der Waals surface area (Å²) < 4.78 is 0. The van der Waals surface area contributed by atoms with Gasteiger partial charge in [-0.15, -0.1) is 0 Å². The van der Waals surface area contributed by atoms with E-state index in [9.17, 15) is 9.59 Å². The smallest absolute Gasteiger partial charge is 0.272 e. The van der Waals surface area contributed by atoms with Crippen molar-refractivity contribution in [2.75, 3.05) is 10.6 Å². The Morgan fingerprint density at radius 1 is 0.615 bits per heavy atom. The number of ketones is 1. The predicted octanol–water partition coefficient (Wildman–Crippen LogP) is 4.50. The first-order chi connectivity index (χ1) is 12.7. The molecule has 1 amide bonds. The van der Waals surface area contributed by atoms with Crippen LogP contribution < -0.4 is 10.6 Å². The predicted molar refractivity (Wildman–Crippen MR) is 104 cm³/mol. The molecule has 128 valence electrons. The molecule has 0 aromatic heterocycles. The third-order valence-corrected chi connectivity index (χ3v) is 3.66. The highest BCUT2D eigenvalue weighted by atomic mass is 16.2. The van der Waals surface area contributed by atoms with E-state index < -0.39 is 0 Å². The van der Waals surface area contributed by atoms with Gasteiger partial charge in [-0.25, -0.2) is 0 Å². The molecule has 26 heavy (non-hydrogen) atoms. The van der Waals surface area contributed by atoms with Crippen molar-refractivity contribution < 1.29 is 9.59 Å². The number of allylic oxidation sites excluding steroid dienone is 1. The highest BCUT2D eigenvalue weighted by molar-refractivity contribution is 6.13. The monoisotopic (exact) mass is 342 g/mol. The van der Waals surface area contributed by atoms with E-state index in [0.29, 0.717) is 11.3 Å². The van der Waals surface area contributed by atoms with Crippen molar-refractivity contribution in [3.05, 3.63) is 108 Å². The molecular formula is C22H18N2O2. The molecule has 3 aromatic carbocycles. The third kappa shape index (κ3) is 4.68. The van der Waals surface area contributed by atoms with E-state index in [4.69, 9.17) is 0 Å². The highest BCUT2D eigenvalue weighted by Gasteiger charge is 2.13. The van der Waals surface area contributed by atoms with Gasteiger partial charge in [-0.3, -0.25) is 9.59 Å². The summed E-state index contributed by atoms with van der Waals surface area (Å²) in [4.78, 5) is 25.2. The number of carbonyl (C=O) groups is 2. The molecule has 3 aromatic rings. The Hall–Kier alpha value is -3.66. The van der Waals surface area contributed by atoms with Crippen LogP contribution in [0, 0.1) is 0 Å². The number of carbonyl (C=O) groups excluding carboxylic acids is 2. The molecule has 0 fully saturated rings. The molecule has 0 heterocycles. The van der Waals surface area contributed by atoms with Crippen LogP contribution in [0.15, 0.2) is 103 Å². The van der Waals surface area contributed by atoms with Crippen molar-refractivity contribution in [1.82, 2.24) is 0 Å². The second kappa shape index (κ2) is 8.44. The van der Waals surface area contributed by atoms with Crippen LogP contribution >= 0.6 is 0 Å². The fourth-order valence-corrected chi connectivity index (χ4v) is 2.37. The van der Waals surface area contributed by atoms with Gasteiger partial charge in [0.15, 0.2) is 5.78 Å². The first kappa shape index (κ1) is 17.2. The summed E-state index contributed by atoms with van der Waals surface area (Å²) in [6.45, 7) is 0. The van der Waals surface area contributed by atoms with Crippen molar-refractivity contribution in [2.45, 2.75) is 0 Å². The molecule has 0 bridgehead atoms. The minimum atomic E-state index is -0.385. The quantitative estimate of drug-likeness (QED) is 0.512. The lowest BCUT2D eigenvalue weighted by Gasteiger charge is -2.12. The van der Waals surface area contributed by atoms with E-state index in [-0.39, 0.29) is 17.4 Å². The fraction of sp³-hybridized carbons (Fsp3) is 0. The summed E-state index contributed by atoms with van der Waals surface area (Å²) in [6.07, 6.45) is 1.32. The Morgan fingerprint density at radius 3 is 1.62 bits per heavy atom. The van der Waals surface area contributed by atoms with Crippen LogP contribution in [0.4, 0.5) is 11.4 Å². The van der Waals surface area contributed by atoms with Crippen LogP contribution in [0.5, 0.6) is 0 Å². The van der Waals surface area contributed by atoms with Gasteiger partial charge in [-0.05, 0) is 24.3 Å². The van der Waals surface area contributed by atoms with Crippen LogP contribution in [-0.4, -0.2) is 11.7 Å². The van der Waals surface area contributed by atoms with Gasteiger partial charge in [0.05, 0.1) is 0 Å². The normalized spacial score (nSPS) is 10.8. The maximum Gasteiger partial charge on any atom is 0.272 e. The van der Waals surface area contributed by atoms with Crippen LogP contribution in [0.2, 0.25) is 0 Å². The molecule has 0 saturated heterocycles. The summed E-state index contributed by atoms with van der Waals surface area (Å²) in [5, 5.41) is 5.83. The molecule has 0 radical (unpaired) electrons. The van der Waals surface area contributed by atoms with Gasteiger partial charge >= 0.3 is 0 Å². The summed E-state index contributed by atoms with van der Waals surface area (Å²) in [5.41, 5.74) is 2.08. The molecule has 0 unspecified atom stereocenters. The summed E-state index contributed by atoms with van der Waals surface area (Å²) in [5.74, 6) is -0.628. The van der Waals surface area contributed by atoms with Crippen molar-refractivity contribution in [1.29, 1.82) is 0 Å². The molecule has 4 nitrogen and oxygen atoms in total. The van der Waals surface area contributed by atoms with Crippen molar-refractivity contribution in [3.63, 3.8) is 0 Å². The minimum absolute atomic E-state index is 0.175. The number of nitrogens with one attached hydrogen (secondary N) is 2. The molecule has 0 aliphatic rings. The highest BCUT2D eigenvalue weighted by Crippen LogP contribution is 2.13. The summed E-state index contributed by atoms with van der Waals surface area (Å²) >= 11 is 0. The average molecular weight is 342 g/mol. The van der Waals surface area contributed by atoms with Crippen molar-refractivity contribution in [3.8, 4) is 0 Å². The SMILES string of the molecule is O=C(Nc1ccccc1)/C(=C/C(=O)c1ccccc1)Nc1ccccc1. The number of hydrogen-bond acceptors (Lipinski definition) is 3. The van der Waals surface area contributed by atoms with Gasteiger partial charge in [-0.2, -0.15) is 0 Å². The molecular weight excluding hydrogens is 324 g/mol. The molecule has 0 spiro atoms. The maximum atomic E-state index is 12.7. The Kier molecular flexibility index (Phi) is 5.58. The van der Waals surface area contributed by atoms with Crippen LogP contribution in [0.3, 0.4) is 0 Å². The zero-order valence-corrected chi connectivity index (χ0v) is 14.1. The van der Waals surface area contributed by atoms with E-state index >= 15 is 0 Å². The number of hydrogen-bond donors (Lipinski definition) is 2. The molecule has 0 atom stereocenters. The van der Waals surface area contributed by atoms with E-state index in [2.05, 4.69) is 10.6 Å². The van der Waals surface area contributed by atoms with Gasteiger partial charge < -0.3 is 10.6 Å². The molecule has 0 saturated carbocycles. The van der Waals surface area contributed by atoms with Crippen LogP contribution in [0.1, 0.15) is 10.4 Å². The number of para-hydroxylation sites is 2. The summed E-state index contributed by atoms with van der Waals surface area (Å²) in [7, 11) is 0. The van der Waals surface area contributed by atoms with Crippen LogP contribution in [-0.2, 0) is 4.79 Å². The lowest BCUT2D eigenvalue weighted by atomic mass is 10.1. The Balaban J connectivity index is 1.87. The first-order valence-corrected chi connectivity index (χ1v) is 8.22. The number of amides is 1. The largest absolute Gasteiger partial charge is 0.351 e. The number of anilines is 2. The zero-order valence-electron chi connectivity index (χ0n) is 14.1. The number of benzene rings is 3. The second-order valence-corrected chi connectivity index (χ2v) is 5.60. The van der Waals surface area contributed by atoms with Crippen molar-refractivity contribution >= 4 is 23.1 Å². The molecule has 3 rings (SSSR count). The first-order valence-electron chi connectivity index (χ1n) is 8.22. The van der Waals surface area contributed by atoms with E-state index in [0.717, 1.165) is 5.69 Å². The van der Waals surface area contributed by atoms with E-state index in [1.54, 1.807) is 36.4 Å². The van der Waals surface area contributed by atoms with Crippen LogP contribution in [0.25, 0.3) is 0 Å². The summed E-state index contributed by atoms with van der Waals surface area (Å²) in [6, 6.07) is 27.2. The Morgan fingerprint density at radius 2 is 1.08 bits per heavy atom. The molecule has 4 heteroatoms.